The fourth-order valence-electron chi connectivity index (χ4n) is 3.93. The first-order valence-electron chi connectivity index (χ1n) is 10.9. The molecule has 0 N–H and O–H groups in total. The van der Waals surface area contributed by atoms with Crippen molar-refractivity contribution in [1.29, 1.82) is 0 Å². The third-order valence-electron chi connectivity index (χ3n) is 5.96. The molecule has 152 valence electrons. The van der Waals surface area contributed by atoms with Crippen molar-refractivity contribution in [2.75, 3.05) is 0 Å². The number of nitrogens with zero attached hydrogens (tertiary/aromatic N) is 2. The first-order chi connectivity index (χ1) is 14.5. The number of aryl methyl sites for hydroxylation is 3. The van der Waals surface area contributed by atoms with Crippen LogP contribution in [0, 0.1) is 12.8 Å². The van der Waals surface area contributed by atoms with Gasteiger partial charge in [-0.2, -0.15) is 0 Å². The summed E-state index contributed by atoms with van der Waals surface area (Å²) in [6.07, 6.45) is 6.34. The van der Waals surface area contributed by atoms with Crippen molar-refractivity contribution in [3.63, 3.8) is 0 Å². The molecule has 0 saturated heterocycles. The summed E-state index contributed by atoms with van der Waals surface area (Å²) < 4.78 is 0. The zero-order valence-corrected chi connectivity index (χ0v) is 18.3. The third-order valence-corrected chi connectivity index (χ3v) is 5.96. The smallest absolute Gasteiger partial charge is 0.0873 e. The van der Waals surface area contributed by atoms with Crippen molar-refractivity contribution < 1.29 is 0 Å². The molecular formula is C28H30N2. The summed E-state index contributed by atoms with van der Waals surface area (Å²) in [5.74, 6) is 0.687. The van der Waals surface area contributed by atoms with Crippen molar-refractivity contribution in [1.82, 2.24) is 4.98 Å². The van der Waals surface area contributed by atoms with Gasteiger partial charge in [0.15, 0.2) is 0 Å². The minimum atomic E-state index is 0.687. The van der Waals surface area contributed by atoms with Crippen LogP contribution in [0.2, 0.25) is 0 Å². The number of rotatable bonds is 7. The van der Waals surface area contributed by atoms with Crippen molar-refractivity contribution in [2.24, 2.45) is 10.9 Å². The standard InChI is InChI=1S/C28H30N2/c1-19(2)25-7-5-6-8-26(25)24-12-9-22(10-13-24)11-16-27-28(20(3)17-18-29-27)30-21(4)23-14-15-23/h5-10,12-13,17-18,23H,1,11,14-16H2,2-4H3. The van der Waals surface area contributed by atoms with Crippen LogP contribution in [-0.4, -0.2) is 10.7 Å². The molecule has 1 aromatic heterocycles. The molecule has 0 atom stereocenters. The SMILES string of the molecule is C=C(C)c1ccccc1-c1ccc(CCc2nccc(C)c2N=C(C)C2CC2)cc1. The number of hydrogen-bond acceptors (Lipinski definition) is 2. The molecule has 30 heavy (non-hydrogen) atoms. The second-order valence-electron chi connectivity index (χ2n) is 8.47. The lowest BCUT2D eigenvalue weighted by molar-refractivity contribution is 0.909. The Morgan fingerprint density at radius 3 is 2.43 bits per heavy atom. The molecule has 2 aromatic carbocycles. The predicted molar refractivity (Wildman–Crippen MR) is 128 cm³/mol. The van der Waals surface area contributed by atoms with Crippen molar-refractivity contribution >= 4 is 17.0 Å². The van der Waals surface area contributed by atoms with Gasteiger partial charge >= 0.3 is 0 Å². The highest BCUT2D eigenvalue weighted by atomic mass is 14.8. The number of hydrogen-bond donors (Lipinski definition) is 0. The second kappa shape index (κ2) is 8.79. The minimum absolute atomic E-state index is 0.687. The number of benzene rings is 2. The van der Waals surface area contributed by atoms with E-state index < -0.39 is 0 Å². The van der Waals surface area contributed by atoms with Crippen LogP contribution in [0.3, 0.4) is 0 Å². The summed E-state index contributed by atoms with van der Waals surface area (Å²) in [6.45, 7) is 10.5. The van der Waals surface area contributed by atoms with Gasteiger partial charge in [-0.25, -0.2) is 0 Å². The van der Waals surface area contributed by atoms with Gasteiger partial charge in [0.1, 0.15) is 0 Å². The zero-order chi connectivity index (χ0) is 21.1. The molecule has 0 spiro atoms. The van der Waals surface area contributed by atoms with Crippen LogP contribution < -0.4 is 0 Å². The van der Waals surface area contributed by atoms with E-state index in [9.17, 15) is 0 Å². The molecule has 0 amide bonds. The summed E-state index contributed by atoms with van der Waals surface area (Å²) in [4.78, 5) is 9.63. The zero-order valence-electron chi connectivity index (χ0n) is 18.3. The molecule has 0 bridgehead atoms. The molecule has 2 heteroatoms. The molecular weight excluding hydrogens is 364 g/mol. The maximum Gasteiger partial charge on any atom is 0.0873 e. The van der Waals surface area contributed by atoms with E-state index in [2.05, 4.69) is 86.9 Å². The van der Waals surface area contributed by atoms with E-state index in [4.69, 9.17) is 4.99 Å². The first kappa shape index (κ1) is 20.3. The third kappa shape index (κ3) is 4.59. The Bertz CT molecular complexity index is 1090. The highest BCUT2D eigenvalue weighted by Crippen LogP contribution is 2.33. The maximum atomic E-state index is 4.96. The number of pyridine rings is 1. The summed E-state index contributed by atoms with van der Waals surface area (Å²) in [5, 5.41) is 0. The lowest BCUT2D eigenvalue weighted by Gasteiger charge is -2.11. The maximum absolute atomic E-state index is 4.96. The van der Waals surface area contributed by atoms with Crippen LogP contribution >= 0.6 is 0 Å². The Labute approximate surface area is 180 Å². The largest absolute Gasteiger partial charge is 0.259 e. The molecule has 1 heterocycles. The summed E-state index contributed by atoms with van der Waals surface area (Å²) in [5.41, 5.74) is 10.8. The lowest BCUT2D eigenvalue weighted by Crippen LogP contribution is -1.99. The van der Waals surface area contributed by atoms with E-state index in [1.54, 1.807) is 0 Å². The Morgan fingerprint density at radius 1 is 1.00 bits per heavy atom. The van der Waals surface area contributed by atoms with Crippen molar-refractivity contribution in [3.8, 4) is 11.1 Å². The van der Waals surface area contributed by atoms with Gasteiger partial charge in [-0.1, -0.05) is 60.7 Å². The fraction of sp³-hybridized carbons (Fsp3) is 0.286. The molecule has 0 unspecified atom stereocenters. The van der Waals surface area contributed by atoms with Gasteiger partial charge in [0, 0.05) is 11.9 Å². The van der Waals surface area contributed by atoms with E-state index in [1.165, 1.54) is 46.4 Å². The molecule has 0 radical (unpaired) electrons. The van der Waals surface area contributed by atoms with Gasteiger partial charge in [0.25, 0.3) is 0 Å². The Balaban J connectivity index is 1.51. The van der Waals surface area contributed by atoms with Crippen LogP contribution in [0.4, 0.5) is 5.69 Å². The Hall–Kier alpha value is -3.00. The quantitative estimate of drug-likeness (QED) is 0.384. The minimum Gasteiger partial charge on any atom is -0.259 e. The molecule has 1 saturated carbocycles. The molecule has 1 aliphatic rings. The van der Waals surface area contributed by atoms with Gasteiger partial charge in [0.2, 0.25) is 0 Å². The number of aliphatic imine (C=N–C) groups is 1. The van der Waals surface area contributed by atoms with Gasteiger partial charge in [-0.3, -0.25) is 9.98 Å². The second-order valence-corrected chi connectivity index (χ2v) is 8.47. The highest BCUT2D eigenvalue weighted by Gasteiger charge is 2.24. The Kier molecular flexibility index (Phi) is 5.94. The van der Waals surface area contributed by atoms with Crippen LogP contribution in [0.15, 0.2) is 72.4 Å². The van der Waals surface area contributed by atoms with E-state index >= 15 is 0 Å². The van der Waals surface area contributed by atoms with Gasteiger partial charge in [-0.05, 0) is 86.3 Å². The van der Waals surface area contributed by atoms with Gasteiger partial charge in [-0.15, -0.1) is 0 Å². The van der Waals surface area contributed by atoms with E-state index in [-0.39, 0.29) is 0 Å². The van der Waals surface area contributed by atoms with Crippen LogP contribution in [0.25, 0.3) is 16.7 Å². The van der Waals surface area contributed by atoms with E-state index in [0.717, 1.165) is 29.8 Å². The van der Waals surface area contributed by atoms with Crippen molar-refractivity contribution in [3.05, 3.63) is 89.8 Å². The van der Waals surface area contributed by atoms with Crippen LogP contribution in [0.5, 0.6) is 0 Å². The number of allylic oxidation sites excluding steroid dienone is 1. The molecule has 1 fully saturated rings. The van der Waals surface area contributed by atoms with Crippen LogP contribution in [0.1, 0.15) is 49.1 Å². The number of aromatic nitrogens is 1. The van der Waals surface area contributed by atoms with Crippen LogP contribution in [-0.2, 0) is 12.8 Å². The van der Waals surface area contributed by atoms with E-state index in [1.807, 2.05) is 6.20 Å². The fourth-order valence-corrected chi connectivity index (χ4v) is 3.93. The summed E-state index contributed by atoms with van der Waals surface area (Å²) >= 11 is 0. The molecule has 2 nitrogen and oxygen atoms in total. The summed E-state index contributed by atoms with van der Waals surface area (Å²) in [7, 11) is 0. The molecule has 1 aliphatic carbocycles. The highest BCUT2D eigenvalue weighted by molar-refractivity contribution is 5.89. The first-order valence-corrected chi connectivity index (χ1v) is 10.9. The average Bonchev–Trinajstić information content (AvgIpc) is 3.60. The predicted octanol–water partition coefficient (Wildman–Crippen LogP) is 7.38. The monoisotopic (exact) mass is 394 g/mol. The topological polar surface area (TPSA) is 25.2 Å². The normalized spacial score (nSPS) is 14.0. The molecule has 3 aromatic rings. The van der Waals surface area contributed by atoms with Crippen molar-refractivity contribution in [2.45, 2.75) is 46.5 Å². The van der Waals surface area contributed by atoms with E-state index in [0.29, 0.717) is 5.92 Å². The molecule has 4 rings (SSSR count). The lowest BCUT2D eigenvalue weighted by atomic mass is 9.94. The van der Waals surface area contributed by atoms with Gasteiger partial charge in [0.05, 0.1) is 11.4 Å². The molecule has 0 aliphatic heterocycles. The average molecular weight is 395 g/mol. The summed E-state index contributed by atoms with van der Waals surface area (Å²) in [6, 6.07) is 19.4. The Morgan fingerprint density at radius 2 is 1.73 bits per heavy atom. The van der Waals surface area contributed by atoms with Gasteiger partial charge < -0.3 is 0 Å².